The molecule has 0 aliphatic heterocycles. The van der Waals surface area contributed by atoms with Crippen molar-refractivity contribution < 1.29 is 0 Å². The van der Waals surface area contributed by atoms with Crippen LogP contribution < -0.4 is 0 Å². The van der Waals surface area contributed by atoms with Gasteiger partial charge in [0.15, 0.2) is 0 Å². The molecule has 4 nitrogen and oxygen atoms in total. The van der Waals surface area contributed by atoms with Crippen LogP contribution in [0.4, 0.5) is 0 Å². The van der Waals surface area contributed by atoms with Crippen LogP contribution in [0.3, 0.4) is 0 Å². The molecule has 1 N–H and O–H groups in total. The number of nitrogens with zero attached hydrogens (tertiary/aromatic N) is 3. The molecule has 0 fully saturated rings. The number of nitrogens with one attached hydrogen (secondary N) is 1. The quantitative estimate of drug-likeness (QED) is 0.803. The summed E-state index contributed by atoms with van der Waals surface area (Å²) >= 11 is 5.87. The molecule has 0 radical (unpaired) electrons. The van der Waals surface area contributed by atoms with Gasteiger partial charge < -0.3 is 4.98 Å². The van der Waals surface area contributed by atoms with Gasteiger partial charge in [0.05, 0.1) is 17.3 Å². The van der Waals surface area contributed by atoms with Crippen LogP contribution in [0, 0.1) is 11.3 Å². The summed E-state index contributed by atoms with van der Waals surface area (Å²) in [5.74, 6) is 0.844. The Kier molecular flexibility index (Phi) is 3.67. The van der Waals surface area contributed by atoms with Gasteiger partial charge in [-0.3, -0.25) is 4.98 Å². The average molecular weight is 295 g/mol. The van der Waals surface area contributed by atoms with E-state index in [0.717, 1.165) is 22.1 Å². The minimum absolute atomic E-state index is 0.572. The Labute approximate surface area is 127 Å². The van der Waals surface area contributed by atoms with Gasteiger partial charge in [0, 0.05) is 23.8 Å². The first-order valence-corrected chi connectivity index (χ1v) is 6.77. The zero-order valence-electron chi connectivity index (χ0n) is 11.0. The second-order valence-electron chi connectivity index (χ2n) is 4.58. The number of hydrogen-bond donors (Lipinski definition) is 1. The lowest BCUT2D eigenvalue weighted by atomic mass is 10.1. The minimum Gasteiger partial charge on any atom is -0.348 e. The zero-order valence-corrected chi connectivity index (χ0v) is 11.8. The molecule has 2 aromatic heterocycles. The first-order valence-electron chi connectivity index (χ1n) is 6.40. The Morgan fingerprint density at radius 3 is 2.71 bits per heavy atom. The molecular formula is C16H11ClN4. The highest BCUT2D eigenvalue weighted by Gasteiger charge is 2.07. The molecule has 0 atom stereocenters. The van der Waals surface area contributed by atoms with E-state index in [2.05, 4.69) is 21.0 Å². The smallest absolute Gasteiger partial charge is 0.111 e. The topological polar surface area (TPSA) is 65.4 Å². The molecule has 5 heteroatoms. The molecule has 0 aliphatic rings. The second kappa shape index (κ2) is 5.78. The maximum absolute atomic E-state index is 8.91. The number of aromatic amines is 1. The highest BCUT2D eigenvalue weighted by Crippen LogP contribution is 2.17. The van der Waals surface area contributed by atoms with Gasteiger partial charge >= 0.3 is 0 Å². The summed E-state index contributed by atoms with van der Waals surface area (Å²) in [4.78, 5) is 11.9. The van der Waals surface area contributed by atoms with Gasteiger partial charge in [-0.15, -0.1) is 0 Å². The van der Waals surface area contributed by atoms with E-state index < -0.39 is 0 Å². The monoisotopic (exact) mass is 294 g/mol. The van der Waals surface area contributed by atoms with E-state index >= 15 is 0 Å². The lowest BCUT2D eigenvalue weighted by Crippen LogP contribution is -1.91. The van der Waals surface area contributed by atoms with Crippen LogP contribution in [-0.2, 0) is 6.42 Å². The number of aromatic nitrogens is 3. The molecule has 3 aromatic rings. The summed E-state index contributed by atoms with van der Waals surface area (Å²) < 4.78 is 0. The van der Waals surface area contributed by atoms with E-state index in [4.69, 9.17) is 16.9 Å². The number of pyridine rings is 1. The first-order chi connectivity index (χ1) is 10.2. The Morgan fingerprint density at radius 1 is 1.14 bits per heavy atom. The predicted molar refractivity (Wildman–Crippen MR) is 80.8 cm³/mol. The molecule has 0 bridgehead atoms. The Hall–Kier alpha value is -2.64. The summed E-state index contributed by atoms with van der Waals surface area (Å²) in [7, 11) is 0. The third-order valence-corrected chi connectivity index (χ3v) is 3.32. The fourth-order valence-electron chi connectivity index (χ4n) is 2.02. The van der Waals surface area contributed by atoms with E-state index in [-0.39, 0.29) is 0 Å². The van der Waals surface area contributed by atoms with Crippen molar-refractivity contribution in [2.75, 3.05) is 0 Å². The minimum atomic E-state index is 0.572. The van der Waals surface area contributed by atoms with Crippen molar-refractivity contribution >= 4 is 11.6 Å². The van der Waals surface area contributed by atoms with Gasteiger partial charge in [-0.2, -0.15) is 5.26 Å². The number of imidazole rings is 1. The van der Waals surface area contributed by atoms with Crippen LogP contribution in [0.5, 0.6) is 0 Å². The Balaban J connectivity index is 1.83. The van der Waals surface area contributed by atoms with Crippen LogP contribution in [0.1, 0.15) is 17.0 Å². The number of benzene rings is 1. The predicted octanol–water partition coefficient (Wildman–Crippen LogP) is 3.59. The molecule has 2 heterocycles. The number of nitriles is 1. The molecular weight excluding hydrogens is 284 g/mol. The molecule has 0 unspecified atom stereocenters. The molecule has 0 saturated heterocycles. The van der Waals surface area contributed by atoms with E-state index in [1.165, 1.54) is 0 Å². The van der Waals surface area contributed by atoms with Gasteiger partial charge in [0.1, 0.15) is 11.5 Å². The molecule has 0 spiro atoms. The van der Waals surface area contributed by atoms with Gasteiger partial charge in [-0.25, -0.2) is 4.98 Å². The van der Waals surface area contributed by atoms with E-state index in [1.807, 2.05) is 24.3 Å². The molecule has 1 aromatic carbocycles. The fraction of sp³-hybridized carbons (Fsp3) is 0.0625. The lowest BCUT2D eigenvalue weighted by Gasteiger charge is -1.98. The second-order valence-corrected chi connectivity index (χ2v) is 5.01. The maximum Gasteiger partial charge on any atom is 0.111 e. The molecule has 21 heavy (non-hydrogen) atoms. The number of rotatable bonds is 3. The van der Waals surface area contributed by atoms with Gasteiger partial charge in [-0.1, -0.05) is 23.7 Å². The van der Waals surface area contributed by atoms with Crippen molar-refractivity contribution in [3.8, 4) is 17.5 Å². The summed E-state index contributed by atoms with van der Waals surface area (Å²) in [6.45, 7) is 0. The molecule has 0 saturated carbocycles. The molecule has 0 aliphatic carbocycles. The third kappa shape index (κ3) is 3.10. The van der Waals surface area contributed by atoms with Crippen molar-refractivity contribution in [3.05, 3.63) is 70.8 Å². The summed E-state index contributed by atoms with van der Waals surface area (Å²) in [6, 6.07) is 13.2. The number of hydrogen-bond acceptors (Lipinski definition) is 3. The van der Waals surface area contributed by atoms with E-state index in [1.54, 1.807) is 24.5 Å². The largest absolute Gasteiger partial charge is 0.348 e. The normalized spacial score (nSPS) is 10.3. The zero-order chi connectivity index (χ0) is 14.7. The Bertz CT molecular complexity index is 800. The van der Waals surface area contributed by atoms with E-state index in [0.29, 0.717) is 17.7 Å². The van der Waals surface area contributed by atoms with Crippen molar-refractivity contribution in [1.82, 2.24) is 15.0 Å². The standard InChI is InChI=1S/C16H11ClN4/c17-13-3-1-11(2-4-13)8-16-20-10-15(21-16)14-7-12(9-18)5-6-19-14/h1-7,10H,8H2,(H,20,21). The van der Waals surface area contributed by atoms with Crippen LogP contribution in [0.15, 0.2) is 48.8 Å². The average Bonchev–Trinajstić information content (AvgIpc) is 2.98. The van der Waals surface area contributed by atoms with Crippen LogP contribution >= 0.6 is 11.6 Å². The number of halogens is 1. The molecule has 102 valence electrons. The van der Waals surface area contributed by atoms with Crippen LogP contribution in [0.25, 0.3) is 11.4 Å². The van der Waals surface area contributed by atoms with Crippen molar-refractivity contribution in [2.45, 2.75) is 6.42 Å². The van der Waals surface area contributed by atoms with E-state index in [9.17, 15) is 0 Å². The summed E-state index contributed by atoms with van der Waals surface area (Å²) in [5, 5.41) is 9.63. The number of H-pyrrole nitrogens is 1. The molecule has 3 rings (SSSR count). The van der Waals surface area contributed by atoms with Crippen LogP contribution in [-0.4, -0.2) is 15.0 Å². The summed E-state index contributed by atoms with van der Waals surface area (Å²) in [6.07, 6.45) is 4.10. The maximum atomic E-state index is 8.91. The lowest BCUT2D eigenvalue weighted by molar-refractivity contribution is 1.03. The van der Waals surface area contributed by atoms with Crippen molar-refractivity contribution in [1.29, 1.82) is 5.26 Å². The molecule has 0 amide bonds. The van der Waals surface area contributed by atoms with Crippen molar-refractivity contribution in [2.24, 2.45) is 0 Å². The third-order valence-electron chi connectivity index (χ3n) is 3.07. The Morgan fingerprint density at radius 2 is 1.95 bits per heavy atom. The SMILES string of the molecule is N#Cc1ccnc(-c2c[nH]c(Cc3ccc(Cl)cc3)n2)c1. The fourth-order valence-corrected chi connectivity index (χ4v) is 2.15. The highest BCUT2D eigenvalue weighted by molar-refractivity contribution is 6.30. The first kappa shape index (κ1) is 13.3. The summed E-state index contributed by atoms with van der Waals surface area (Å²) in [5.41, 5.74) is 3.12. The van der Waals surface area contributed by atoms with Gasteiger partial charge in [0.25, 0.3) is 0 Å². The highest BCUT2D eigenvalue weighted by atomic mass is 35.5. The van der Waals surface area contributed by atoms with Gasteiger partial charge in [0.2, 0.25) is 0 Å². The van der Waals surface area contributed by atoms with Crippen LogP contribution in [0.2, 0.25) is 5.02 Å². The van der Waals surface area contributed by atoms with Gasteiger partial charge in [-0.05, 0) is 29.8 Å². The van der Waals surface area contributed by atoms with Crippen molar-refractivity contribution in [3.63, 3.8) is 0 Å².